The van der Waals surface area contributed by atoms with Gasteiger partial charge in [0.1, 0.15) is 18.1 Å². The number of ketones is 1. The molecule has 5 amide bonds. The molecular formula is C32H47N5O7. The quantitative estimate of drug-likeness (QED) is 0.137. The van der Waals surface area contributed by atoms with Gasteiger partial charge in [0, 0.05) is 24.8 Å². The van der Waals surface area contributed by atoms with Crippen LogP contribution in [0, 0.1) is 46.8 Å². The number of carbonyl (C=O) groups excluding carboxylic acids is 6. The number of likely N-dealkylation sites (tertiary alicyclic amines) is 1. The Morgan fingerprint density at radius 3 is 2.20 bits per heavy atom. The fourth-order valence-electron chi connectivity index (χ4n) is 6.11. The Hall–Kier alpha value is -3.62. The van der Waals surface area contributed by atoms with Crippen LogP contribution in [0.1, 0.15) is 79.6 Å². The van der Waals surface area contributed by atoms with E-state index in [4.69, 9.17) is 10.5 Å². The highest BCUT2D eigenvalue weighted by molar-refractivity contribution is 6.37. The second-order valence-electron chi connectivity index (χ2n) is 14.3. The van der Waals surface area contributed by atoms with Gasteiger partial charge in [-0.25, -0.2) is 9.59 Å². The van der Waals surface area contributed by atoms with Crippen LogP contribution in [0.2, 0.25) is 0 Å². The predicted molar refractivity (Wildman–Crippen MR) is 160 cm³/mol. The molecule has 4 aliphatic rings. The van der Waals surface area contributed by atoms with Gasteiger partial charge in [0.15, 0.2) is 0 Å². The summed E-state index contributed by atoms with van der Waals surface area (Å²) >= 11 is 0. The first-order chi connectivity index (χ1) is 20.7. The maximum Gasteiger partial charge on any atom is 0.328 e. The van der Waals surface area contributed by atoms with E-state index in [9.17, 15) is 28.8 Å². The SMILES string of the molecule is CC(C)[C@H](NC(=O)N[C@H](C(=O)N1C[C@@H]2C#CC[C@@H]2[C@H]1C(=O)NC(CC1CCC1)C(=O)C(N)=O)C(C)(C)C)C(=O)OCC1CC1. The minimum absolute atomic E-state index is 0.184. The Balaban J connectivity index is 1.49. The predicted octanol–water partition coefficient (Wildman–Crippen LogP) is 1.26. The monoisotopic (exact) mass is 613 g/mol. The normalized spacial score (nSPS) is 24.6. The van der Waals surface area contributed by atoms with E-state index in [1.165, 1.54) is 4.90 Å². The van der Waals surface area contributed by atoms with Gasteiger partial charge in [-0.2, -0.15) is 0 Å². The molecule has 0 radical (unpaired) electrons. The average molecular weight is 614 g/mol. The van der Waals surface area contributed by atoms with Gasteiger partial charge in [-0.05, 0) is 42.4 Å². The molecule has 0 aromatic carbocycles. The van der Waals surface area contributed by atoms with Crippen LogP contribution in [0.3, 0.4) is 0 Å². The van der Waals surface area contributed by atoms with Crippen LogP contribution in [0.5, 0.6) is 0 Å². The van der Waals surface area contributed by atoms with Crippen molar-refractivity contribution in [3.8, 4) is 11.8 Å². The van der Waals surface area contributed by atoms with Crippen molar-refractivity contribution in [2.24, 2.45) is 40.7 Å². The molecule has 1 heterocycles. The Kier molecular flexibility index (Phi) is 10.3. The summed E-state index contributed by atoms with van der Waals surface area (Å²) in [6.07, 6.45) is 5.59. The van der Waals surface area contributed by atoms with Crippen LogP contribution in [-0.2, 0) is 28.7 Å². The van der Waals surface area contributed by atoms with E-state index in [1.54, 1.807) is 34.6 Å². The number of nitrogens with two attached hydrogens (primary N) is 1. The lowest BCUT2D eigenvalue weighted by molar-refractivity contribution is -0.147. The third-order valence-corrected chi connectivity index (χ3v) is 9.25. The number of hydrogen-bond donors (Lipinski definition) is 4. The molecule has 0 spiro atoms. The summed E-state index contributed by atoms with van der Waals surface area (Å²) < 4.78 is 5.41. The Labute approximate surface area is 259 Å². The smallest absolute Gasteiger partial charge is 0.328 e. The molecule has 0 bridgehead atoms. The summed E-state index contributed by atoms with van der Waals surface area (Å²) in [7, 11) is 0. The summed E-state index contributed by atoms with van der Waals surface area (Å²) in [6.45, 7) is 9.49. The first-order valence-electron chi connectivity index (χ1n) is 15.8. The summed E-state index contributed by atoms with van der Waals surface area (Å²) in [5.41, 5.74) is 4.53. The van der Waals surface area contributed by atoms with E-state index in [0.29, 0.717) is 25.4 Å². The summed E-state index contributed by atoms with van der Waals surface area (Å²) in [5, 5.41) is 8.18. The highest BCUT2D eigenvalue weighted by Gasteiger charge is 2.51. The van der Waals surface area contributed by atoms with Crippen molar-refractivity contribution in [2.75, 3.05) is 13.2 Å². The maximum absolute atomic E-state index is 14.2. The van der Waals surface area contributed by atoms with Crippen molar-refractivity contribution < 1.29 is 33.5 Å². The number of primary amides is 1. The molecule has 242 valence electrons. The van der Waals surface area contributed by atoms with Gasteiger partial charge in [-0.15, -0.1) is 5.92 Å². The fraction of sp³-hybridized carbons (Fsp3) is 0.750. The molecule has 1 unspecified atom stereocenters. The molecule has 12 nitrogen and oxygen atoms in total. The number of amides is 5. The molecule has 2 saturated carbocycles. The van der Waals surface area contributed by atoms with Crippen LogP contribution in [0.4, 0.5) is 4.79 Å². The van der Waals surface area contributed by atoms with Crippen molar-refractivity contribution in [1.29, 1.82) is 0 Å². The molecule has 0 aromatic heterocycles. The molecule has 4 rings (SSSR count). The van der Waals surface area contributed by atoms with Crippen molar-refractivity contribution >= 4 is 35.5 Å². The van der Waals surface area contributed by atoms with Crippen LogP contribution in [-0.4, -0.2) is 77.7 Å². The van der Waals surface area contributed by atoms with Crippen LogP contribution in [0.15, 0.2) is 0 Å². The van der Waals surface area contributed by atoms with Gasteiger partial charge in [0.2, 0.25) is 17.6 Å². The largest absolute Gasteiger partial charge is 0.464 e. The lowest BCUT2D eigenvalue weighted by Gasteiger charge is -2.37. The van der Waals surface area contributed by atoms with E-state index in [1.807, 2.05) is 0 Å². The number of esters is 1. The first kappa shape index (κ1) is 33.3. The highest BCUT2D eigenvalue weighted by atomic mass is 16.5. The van der Waals surface area contributed by atoms with Crippen LogP contribution in [0.25, 0.3) is 0 Å². The van der Waals surface area contributed by atoms with Crippen molar-refractivity contribution in [3.05, 3.63) is 0 Å². The molecule has 1 aliphatic heterocycles. The first-order valence-corrected chi connectivity index (χ1v) is 15.8. The lowest BCUT2D eigenvalue weighted by Crippen LogP contribution is -2.62. The molecule has 6 atom stereocenters. The zero-order valence-electron chi connectivity index (χ0n) is 26.4. The van der Waals surface area contributed by atoms with Crippen molar-refractivity contribution in [1.82, 2.24) is 20.9 Å². The topological polar surface area (TPSA) is 177 Å². The van der Waals surface area contributed by atoms with Gasteiger partial charge >= 0.3 is 12.0 Å². The molecule has 5 N–H and O–H groups in total. The summed E-state index contributed by atoms with van der Waals surface area (Å²) in [4.78, 5) is 79.8. The third-order valence-electron chi connectivity index (χ3n) is 9.25. The second-order valence-corrected chi connectivity index (χ2v) is 14.3. The van der Waals surface area contributed by atoms with E-state index < -0.39 is 65.1 Å². The summed E-state index contributed by atoms with van der Waals surface area (Å²) in [5.74, 6) is 2.40. The molecule has 0 aromatic rings. The highest BCUT2D eigenvalue weighted by Crippen LogP contribution is 2.37. The minimum atomic E-state index is -1.12. The van der Waals surface area contributed by atoms with Gasteiger partial charge < -0.3 is 31.3 Å². The number of ether oxygens (including phenoxy) is 1. The standard InChI is InChI=1S/C32H47N5O7/c1-17(2)23(30(42)44-16-19-12-13-19)35-31(43)36-26(32(3,4)5)29(41)37-15-20-10-7-11-21(20)24(37)28(40)34-22(25(38)27(33)39)14-18-8-6-9-18/h17-24,26H,6,8-9,11-16H2,1-5H3,(H2,33,39)(H,34,40)(H2,35,36,43)/t20-,21-,22?,23-,24-,26+/m0/s1. The number of hydrogen-bond acceptors (Lipinski definition) is 7. The molecule has 12 heteroatoms. The maximum atomic E-state index is 14.2. The Bertz CT molecular complexity index is 1220. The molecule has 1 saturated heterocycles. The average Bonchev–Trinajstić information content (AvgIpc) is 3.52. The number of nitrogens with zero attached hydrogens (tertiary/aromatic N) is 1. The van der Waals surface area contributed by atoms with Gasteiger partial charge in [0.05, 0.1) is 12.6 Å². The number of fused-ring (bicyclic) bond motifs is 1. The number of Topliss-reactive ketones (excluding diaryl/α,β-unsaturated/α-hetero) is 1. The number of urea groups is 1. The fourth-order valence-corrected chi connectivity index (χ4v) is 6.11. The van der Waals surface area contributed by atoms with Gasteiger partial charge in [0.25, 0.3) is 5.91 Å². The summed E-state index contributed by atoms with van der Waals surface area (Å²) in [6, 6.07) is -4.69. The minimum Gasteiger partial charge on any atom is -0.464 e. The third kappa shape index (κ3) is 7.90. The Morgan fingerprint density at radius 1 is 0.977 bits per heavy atom. The number of nitrogens with one attached hydrogen (secondary N) is 3. The van der Waals surface area contributed by atoms with E-state index in [2.05, 4.69) is 27.8 Å². The molecule has 3 fully saturated rings. The molecular weight excluding hydrogens is 566 g/mol. The van der Waals surface area contributed by atoms with Gasteiger partial charge in [-0.1, -0.05) is 59.8 Å². The molecule has 44 heavy (non-hydrogen) atoms. The van der Waals surface area contributed by atoms with Crippen LogP contribution >= 0.6 is 0 Å². The number of carbonyl (C=O) groups is 6. The number of rotatable bonds is 13. The van der Waals surface area contributed by atoms with Crippen molar-refractivity contribution in [3.63, 3.8) is 0 Å². The zero-order valence-corrected chi connectivity index (χ0v) is 26.4. The lowest BCUT2D eigenvalue weighted by atomic mass is 9.80. The van der Waals surface area contributed by atoms with Crippen molar-refractivity contribution in [2.45, 2.75) is 104 Å². The Morgan fingerprint density at radius 2 is 1.66 bits per heavy atom. The van der Waals surface area contributed by atoms with E-state index >= 15 is 0 Å². The van der Waals surface area contributed by atoms with E-state index in [-0.39, 0.29) is 30.2 Å². The van der Waals surface area contributed by atoms with Crippen LogP contribution < -0.4 is 21.7 Å². The zero-order chi connectivity index (χ0) is 32.3. The van der Waals surface area contributed by atoms with Gasteiger partial charge in [-0.3, -0.25) is 19.2 Å². The molecule has 3 aliphatic carbocycles. The van der Waals surface area contributed by atoms with E-state index in [0.717, 1.165) is 32.1 Å². The second kappa shape index (κ2) is 13.6.